The van der Waals surface area contributed by atoms with Crippen molar-refractivity contribution in [2.24, 2.45) is 0 Å². The molecule has 2 aliphatic rings. The summed E-state index contributed by atoms with van der Waals surface area (Å²) in [6, 6.07) is -0.239. The van der Waals surface area contributed by atoms with Crippen LogP contribution in [0.1, 0.15) is 30.1 Å². The van der Waals surface area contributed by atoms with Crippen molar-refractivity contribution in [1.29, 1.82) is 0 Å². The molecular weight excluding hydrogens is 273 g/mol. The fourth-order valence-corrected chi connectivity index (χ4v) is 2.82. The number of nitrogens with zero attached hydrogens (tertiary/aromatic N) is 2. The number of aromatic nitrogens is 2. The summed E-state index contributed by atoms with van der Waals surface area (Å²) in [6.07, 6.45) is -3.00. The highest BCUT2D eigenvalue weighted by Crippen LogP contribution is 2.32. The number of hydrogen-bond acceptors (Lipinski definition) is 3. The number of imidazole rings is 1. The van der Waals surface area contributed by atoms with Gasteiger partial charge in [0.25, 0.3) is 0 Å². The third-order valence-corrected chi connectivity index (χ3v) is 3.73. The minimum absolute atomic E-state index is 0.0980. The van der Waals surface area contributed by atoms with Gasteiger partial charge in [0.1, 0.15) is 0 Å². The van der Waals surface area contributed by atoms with Crippen molar-refractivity contribution in [2.45, 2.75) is 44.6 Å². The van der Waals surface area contributed by atoms with Gasteiger partial charge in [0.05, 0.1) is 5.69 Å². The van der Waals surface area contributed by atoms with Crippen LogP contribution in [-0.4, -0.2) is 28.0 Å². The number of alkyl halides is 3. The number of halogens is 3. The highest BCUT2D eigenvalue weighted by molar-refractivity contribution is 5.78. The van der Waals surface area contributed by atoms with Gasteiger partial charge in [0.2, 0.25) is 11.7 Å². The standard InChI is InChI=1S/C12H15F3N4O/c13-12(14,15)11-18-8-5-16-4-3-9(8)19(11)6-7-1-2-10(20)17-7/h7,16H,1-6H2,(H,17,20). The van der Waals surface area contributed by atoms with Crippen LogP contribution >= 0.6 is 0 Å². The topological polar surface area (TPSA) is 59.0 Å². The van der Waals surface area contributed by atoms with Crippen LogP contribution in [0.15, 0.2) is 0 Å². The number of rotatable bonds is 2. The lowest BCUT2D eigenvalue weighted by Gasteiger charge is -2.19. The van der Waals surface area contributed by atoms with Gasteiger partial charge < -0.3 is 15.2 Å². The second kappa shape index (κ2) is 4.76. The molecule has 1 fully saturated rings. The number of fused-ring (bicyclic) bond motifs is 1. The normalized spacial score (nSPS) is 22.8. The first-order chi connectivity index (χ1) is 9.45. The van der Waals surface area contributed by atoms with E-state index in [9.17, 15) is 18.0 Å². The molecule has 3 rings (SSSR count). The fourth-order valence-electron chi connectivity index (χ4n) is 2.82. The molecule has 0 radical (unpaired) electrons. The van der Waals surface area contributed by atoms with Crippen molar-refractivity contribution in [2.75, 3.05) is 6.54 Å². The molecule has 5 nitrogen and oxygen atoms in total. The maximum atomic E-state index is 13.1. The van der Waals surface area contributed by atoms with Crippen LogP contribution in [-0.2, 0) is 30.5 Å². The monoisotopic (exact) mass is 288 g/mol. The largest absolute Gasteiger partial charge is 0.449 e. The number of carbonyl (C=O) groups excluding carboxylic acids is 1. The molecule has 0 aromatic carbocycles. The van der Waals surface area contributed by atoms with Gasteiger partial charge in [-0.2, -0.15) is 13.2 Å². The lowest BCUT2D eigenvalue weighted by molar-refractivity contribution is -0.147. The van der Waals surface area contributed by atoms with Crippen LogP contribution < -0.4 is 10.6 Å². The molecule has 1 atom stereocenters. The van der Waals surface area contributed by atoms with Crippen LogP contribution in [0.5, 0.6) is 0 Å². The molecular formula is C12H15F3N4O. The fraction of sp³-hybridized carbons (Fsp3) is 0.667. The Labute approximate surface area is 113 Å². The molecule has 2 aliphatic heterocycles. The van der Waals surface area contributed by atoms with Crippen molar-refractivity contribution >= 4 is 5.91 Å². The van der Waals surface area contributed by atoms with Gasteiger partial charge in [-0.3, -0.25) is 4.79 Å². The van der Waals surface area contributed by atoms with Crippen molar-refractivity contribution in [3.63, 3.8) is 0 Å². The van der Waals surface area contributed by atoms with Gasteiger partial charge in [-0.15, -0.1) is 0 Å². The lowest BCUT2D eigenvalue weighted by atomic mass is 10.1. The predicted molar refractivity (Wildman–Crippen MR) is 63.8 cm³/mol. The van der Waals surface area contributed by atoms with Gasteiger partial charge in [0, 0.05) is 44.2 Å². The second-order valence-electron chi connectivity index (χ2n) is 5.17. The van der Waals surface area contributed by atoms with Crippen LogP contribution in [0, 0.1) is 0 Å². The minimum Gasteiger partial charge on any atom is -0.352 e. The van der Waals surface area contributed by atoms with Crippen molar-refractivity contribution in [3.8, 4) is 0 Å². The van der Waals surface area contributed by atoms with Gasteiger partial charge in [-0.25, -0.2) is 4.98 Å². The Morgan fingerprint density at radius 2 is 2.15 bits per heavy atom. The summed E-state index contributed by atoms with van der Waals surface area (Å²) in [5, 5.41) is 5.73. The first-order valence-electron chi connectivity index (χ1n) is 6.60. The van der Waals surface area contributed by atoms with Crippen molar-refractivity contribution in [3.05, 3.63) is 17.2 Å². The quantitative estimate of drug-likeness (QED) is 0.847. The molecule has 110 valence electrons. The maximum Gasteiger partial charge on any atom is 0.449 e. The maximum absolute atomic E-state index is 13.1. The molecule has 0 bridgehead atoms. The van der Waals surface area contributed by atoms with Gasteiger partial charge in [-0.1, -0.05) is 0 Å². The first-order valence-corrected chi connectivity index (χ1v) is 6.60. The Morgan fingerprint density at radius 3 is 2.80 bits per heavy atom. The van der Waals surface area contributed by atoms with E-state index in [2.05, 4.69) is 15.6 Å². The number of amides is 1. The average molecular weight is 288 g/mol. The molecule has 1 saturated heterocycles. The van der Waals surface area contributed by atoms with Crippen LogP contribution in [0.3, 0.4) is 0 Å². The number of carbonyl (C=O) groups is 1. The summed E-state index contributed by atoms with van der Waals surface area (Å²) in [6.45, 7) is 1.15. The molecule has 3 heterocycles. The van der Waals surface area contributed by atoms with Gasteiger partial charge in [0.15, 0.2) is 0 Å². The summed E-state index contributed by atoms with van der Waals surface area (Å²) in [5.74, 6) is -0.952. The van der Waals surface area contributed by atoms with Crippen LogP contribution in [0.25, 0.3) is 0 Å². The Morgan fingerprint density at radius 1 is 1.35 bits per heavy atom. The van der Waals surface area contributed by atoms with Gasteiger partial charge >= 0.3 is 6.18 Å². The molecule has 2 N–H and O–H groups in total. The molecule has 1 aromatic rings. The van der Waals surface area contributed by atoms with E-state index in [1.54, 1.807) is 0 Å². The zero-order chi connectivity index (χ0) is 14.3. The van der Waals surface area contributed by atoms with Crippen LogP contribution in [0.2, 0.25) is 0 Å². The predicted octanol–water partition coefficient (Wildman–Crippen LogP) is 0.826. The molecule has 0 saturated carbocycles. The molecule has 1 unspecified atom stereocenters. The Bertz CT molecular complexity index is 538. The van der Waals surface area contributed by atoms with E-state index >= 15 is 0 Å². The molecule has 0 spiro atoms. The minimum atomic E-state index is -4.47. The van der Waals surface area contributed by atoms with Crippen molar-refractivity contribution in [1.82, 2.24) is 20.2 Å². The lowest BCUT2D eigenvalue weighted by Crippen LogP contribution is -2.33. The van der Waals surface area contributed by atoms with E-state index in [0.717, 1.165) is 0 Å². The summed E-state index contributed by atoms with van der Waals surface area (Å²) in [4.78, 5) is 14.9. The zero-order valence-corrected chi connectivity index (χ0v) is 10.8. The third-order valence-electron chi connectivity index (χ3n) is 3.73. The van der Waals surface area contributed by atoms with Crippen molar-refractivity contribution < 1.29 is 18.0 Å². The Kier molecular flexibility index (Phi) is 3.19. The summed E-state index contributed by atoms with van der Waals surface area (Å²) in [7, 11) is 0. The van der Waals surface area contributed by atoms with E-state index in [1.807, 2.05) is 0 Å². The van der Waals surface area contributed by atoms with E-state index < -0.39 is 12.0 Å². The number of nitrogens with one attached hydrogen (secondary N) is 2. The van der Waals surface area contributed by atoms with E-state index in [4.69, 9.17) is 0 Å². The van der Waals surface area contributed by atoms with Gasteiger partial charge in [-0.05, 0) is 6.42 Å². The highest BCUT2D eigenvalue weighted by Gasteiger charge is 2.40. The van der Waals surface area contributed by atoms with E-state index in [1.165, 1.54) is 4.57 Å². The third kappa shape index (κ3) is 2.39. The summed E-state index contributed by atoms with van der Waals surface area (Å²) < 4.78 is 40.5. The highest BCUT2D eigenvalue weighted by atomic mass is 19.4. The number of hydrogen-bond donors (Lipinski definition) is 2. The Balaban J connectivity index is 1.94. The summed E-state index contributed by atoms with van der Waals surface area (Å²) >= 11 is 0. The average Bonchev–Trinajstić information content (AvgIpc) is 2.94. The Hall–Kier alpha value is -1.57. The summed E-state index contributed by atoms with van der Waals surface area (Å²) in [5.41, 5.74) is 1.10. The zero-order valence-electron chi connectivity index (χ0n) is 10.8. The molecule has 1 aromatic heterocycles. The molecule has 0 aliphatic carbocycles. The second-order valence-corrected chi connectivity index (χ2v) is 5.17. The molecule has 8 heteroatoms. The first kappa shape index (κ1) is 13.4. The van der Waals surface area contributed by atoms with Crippen LogP contribution in [0.4, 0.5) is 13.2 Å². The SMILES string of the molecule is O=C1CCC(Cn2c(C(F)(F)F)nc3c2CCNC3)N1. The molecule has 1 amide bonds. The van der Waals surface area contributed by atoms with E-state index in [0.29, 0.717) is 43.7 Å². The molecule has 20 heavy (non-hydrogen) atoms. The van der Waals surface area contributed by atoms with E-state index in [-0.39, 0.29) is 18.5 Å². The smallest absolute Gasteiger partial charge is 0.352 e.